The zero-order valence-electron chi connectivity index (χ0n) is 16.3. The van der Waals surface area contributed by atoms with Crippen molar-refractivity contribution in [1.29, 1.82) is 0 Å². The number of imidazole rings is 1. The van der Waals surface area contributed by atoms with Gasteiger partial charge in [-0.3, -0.25) is 9.20 Å². The Bertz CT molecular complexity index is 1240. The molecule has 4 aromatic rings. The third kappa shape index (κ3) is 4.30. The Hall–Kier alpha value is -4.01. The van der Waals surface area contributed by atoms with E-state index in [-0.39, 0.29) is 11.3 Å². The number of carbonyl (C=O) groups excluding carboxylic acids is 1. The lowest BCUT2D eigenvalue weighted by Gasteiger charge is -2.11. The van der Waals surface area contributed by atoms with E-state index >= 15 is 0 Å². The van der Waals surface area contributed by atoms with Gasteiger partial charge in [-0.25, -0.2) is 18.2 Å². The summed E-state index contributed by atoms with van der Waals surface area (Å²) in [4.78, 5) is 16.2. The van der Waals surface area contributed by atoms with E-state index in [0.717, 1.165) is 6.07 Å². The molecule has 0 atom stereocenters. The highest BCUT2D eigenvalue weighted by atomic mass is 19.3. The summed E-state index contributed by atoms with van der Waals surface area (Å²) in [6, 6.07) is 15.7. The lowest BCUT2D eigenvalue weighted by Crippen LogP contribution is -2.13. The number of anilines is 3. The number of hydrogen-bond acceptors (Lipinski definition) is 4. The molecule has 9 heteroatoms. The molecule has 0 saturated carbocycles. The number of amides is 1. The number of benzene rings is 2. The first-order valence-electron chi connectivity index (χ1n) is 9.23. The maximum atomic E-state index is 14.1. The van der Waals surface area contributed by atoms with Crippen LogP contribution in [0, 0.1) is 5.82 Å². The van der Waals surface area contributed by atoms with E-state index in [4.69, 9.17) is 4.74 Å². The minimum atomic E-state index is -2.66. The number of carbonyl (C=O) groups is 1. The number of hydrogen-bond donors (Lipinski definition) is 2. The summed E-state index contributed by atoms with van der Waals surface area (Å²) in [6.45, 7) is 0. The highest BCUT2D eigenvalue weighted by Gasteiger charge is 2.14. The maximum Gasteiger partial charge on any atom is 0.281 e. The molecule has 6 nitrogen and oxygen atoms in total. The molecule has 2 aromatic heterocycles. The number of methoxy groups -OCH3 is 1. The van der Waals surface area contributed by atoms with Crippen LogP contribution in [0.25, 0.3) is 5.65 Å². The fraction of sp³-hybridized carbons (Fsp3) is 0.0909. The first-order valence-corrected chi connectivity index (χ1v) is 9.23. The number of ether oxygens (including phenoxy) is 1. The van der Waals surface area contributed by atoms with Crippen LogP contribution in [-0.2, 0) is 0 Å². The van der Waals surface area contributed by atoms with Crippen LogP contribution in [0.4, 0.5) is 30.4 Å². The number of nitrogens with one attached hydrogen (secondary N) is 2. The van der Waals surface area contributed by atoms with E-state index in [1.54, 1.807) is 42.5 Å². The van der Waals surface area contributed by atoms with Gasteiger partial charge in [-0.2, -0.15) is 0 Å². The number of pyridine rings is 1. The zero-order chi connectivity index (χ0) is 22.0. The van der Waals surface area contributed by atoms with E-state index in [0.29, 0.717) is 28.6 Å². The molecule has 0 spiro atoms. The smallest absolute Gasteiger partial charge is 0.281 e. The second-order valence-corrected chi connectivity index (χ2v) is 6.61. The Morgan fingerprint density at radius 2 is 1.81 bits per heavy atom. The van der Waals surface area contributed by atoms with Gasteiger partial charge in [0.1, 0.15) is 28.7 Å². The Morgan fingerprint density at radius 1 is 1.06 bits per heavy atom. The van der Waals surface area contributed by atoms with Crippen LogP contribution in [0.1, 0.15) is 22.5 Å². The van der Waals surface area contributed by atoms with E-state index in [9.17, 15) is 18.0 Å². The molecule has 0 unspecified atom stereocenters. The predicted octanol–water partition coefficient (Wildman–Crippen LogP) is 5.42. The third-order valence-electron chi connectivity index (χ3n) is 4.57. The largest absolute Gasteiger partial charge is 0.497 e. The number of fused-ring (bicyclic) bond motifs is 1. The number of alkyl halides is 2. The summed E-state index contributed by atoms with van der Waals surface area (Å²) in [5.74, 6) is -0.414. The average Bonchev–Trinajstić information content (AvgIpc) is 3.21. The van der Waals surface area contributed by atoms with Crippen LogP contribution in [0.5, 0.6) is 5.75 Å². The molecule has 0 radical (unpaired) electrons. The summed E-state index contributed by atoms with van der Waals surface area (Å²) in [7, 11) is 1.41. The van der Waals surface area contributed by atoms with Gasteiger partial charge < -0.3 is 15.4 Å². The average molecular weight is 426 g/mol. The SMILES string of the molecule is COc1ccc(C(=O)Nc2ccc(Nc3cccc4nc(C(F)F)cn34)cc2)c(F)c1. The monoisotopic (exact) mass is 426 g/mol. The first-order chi connectivity index (χ1) is 14.9. The van der Waals surface area contributed by atoms with Crippen molar-refractivity contribution >= 4 is 28.7 Å². The number of aromatic nitrogens is 2. The van der Waals surface area contributed by atoms with Crippen molar-refractivity contribution in [2.75, 3.05) is 17.7 Å². The quantitative estimate of drug-likeness (QED) is 0.432. The van der Waals surface area contributed by atoms with Crippen LogP contribution in [0.3, 0.4) is 0 Å². The van der Waals surface area contributed by atoms with E-state index < -0.39 is 18.1 Å². The van der Waals surface area contributed by atoms with Gasteiger partial charge in [0, 0.05) is 23.6 Å². The topological polar surface area (TPSA) is 67.7 Å². The summed E-state index contributed by atoms with van der Waals surface area (Å²) in [5.41, 5.74) is 1.11. The van der Waals surface area contributed by atoms with Gasteiger partial charge in [0.15, 0.2) is 0 Å². The molecule has 2 aromatic carbocycles. The van der Waals surface area contributed by atoms with Gasteiger partial charge in [0.25, 0.3) is 12.3 Å². The Labute approximate surface area is 175 Å². The fourth-order valence-electron chi connectivity index (χ4n) is 3.03. The highest BCUT2D eigenvalue weighted by molar-refractivity contribution is 6.04. The second-order valence-electron chi connectivity index (χ2n) is 6.61. The predicted molar refractivity (Wildman–Crippen MR) is 111 cm³/mol. The molecule has 0 saturated heterocycles. The van der Waals surface area contributed by atoms with Crippen molar-refractivity contribution < 1.29 is 22.7 Å². The molecule has 0 aliphatic heterocycles. The van der Waals surface area contributed by atoms with Crippen molar-refractivity contribution in [3.05, 3.63) is 83.9 Å². The van der Waals surface area contributed by atoms with Crippen LogP contribution in [0.2, 0.25) is 0 Å². The lowest BCUT2D eigenvalue weighted by atomic mass is 10.2. The van der Waals surface area contributed by atoms with Gasteiger partial charge in [-0.05, 0) is 48.5 Å². The van der Waals surface area contributed by atoms with Crippen molar-refractivity contribution in [2.45, 2.75) is 6.43 Å². The highest BCUT2D eigenvalue weighted by Crippen LogP contribution is 2.24. The Morgan fingerprint density at radius 3 is 2.48 bits per heavy atom. The van der Waals surface area contributed by atoms with Crippen LogP contribution < -0.4 is 15.4 Å². The summed E-state index contributed by atoms with van der Waals surface area (Å²) in [5, 5.41) is 5.75. The molecular formula is C22H17F3N4O2. The molecule has 2 heterocycles. The van der Waals surface area contributed by atoms with Gasteiger partial charge in [0.05, 0.1) is 12.7 Å². The van der Waals surface area contributed by atoms with Gasteiger partial charge in [-0.1, -0.05) is 6.07 Å². The number of nitrogens with zero attached hydrogens (tertiary/aromatic N) is 2. The minimum Gasteiger partial charge on any atom is -0.497 e. The molecule has 31 heavy (non-hydrogen) atoms. The van der Waals surface area contributed by atoms with Gasteiger partial charge in [-0.15, -0.1) is 0 Å². The summed E-state index contributed by atoms with van der Waals surface area (Å²) >= 11 is 0. The normalized spacial score (nSPS) is 11.0. The van der Waals surface area contributed by atoms with E-state index in [1.165, 1.54) is 29.8 Å². The zero-order valence-corrected chi connectivity index (χ0v) is 16.3. The minimum absolute atomic E-state index is 0.107. The molecule has 158 valence electrons. The second kappa shape index (κ2) is 8.39. The summed E-state index contributed by atoms with van der Waals surface area (Å²) in [6.07, 6.45) is -1.38. The van der Waals surface area contributed by atoms with Gasteiger partial charge in [0.2, 0.25) is 0 Å². The van der Waals surface area contributed by atoms with Crippen LogP contribution in [-0.4, -0.2) is 22.4 Å². The molecule has 0 aliphatic rings. The van der Waals surface area contributed by atoms with E-state index in [1.807, 2.05) is 0 Å². The van der Waals surface area contributed by atoms with Crippen molar-refractivity contribution in [3.63, 3.8) is 0 Å². The van der Waals surface area contributed by atoms with Crippen molar-refractivity contribution in [3.8, 4) is 5.75 Å². The van der Waals surface area contributed by atoms with E-state index in [2.05, 4.69) is 15.6 Å². The maximum absolute atomic E-state index is 14.1. The third-order valence-corrected chi connectivity index (χ3v) is 4.57. The molecule has 4 rings (SSSR count). The number of rotatable bonds is 6. The molecule has 1 amide bonds. The Kier molecular flexibility index (Phi) is 5.48. The molecule has 0 bridgehead atoms. The van der Waals surface area contributed by atoms with Crippen molar-refractivity contribution in [2.24, 2.45) is 0 Å². The molecule has 2 N–H and O–H groups in total. The molecule has 0 fully saturated rings. The standard InChI is InChI=1S/C22H17F3N4O2/c1-31-15-9-10-16(17(23)11-15)22(30)27-14-7-5-13(6-8-14)26-19-3-2-4-20-28-18(21(24)25)12-29(19)20/h2-12,21,26H,1H3,(H,27,30). The summed E-state index contributed by atoms with van der Waals surface area (Å²) < 4.78 is 46.4. The van der Waals surface area contributed by atoms with Crippen LogP contribution in [0.15, 0.2) is 66.9 Å². The first kappa shape index (κ1) is 20.3. The van der Waals surface area contributed by atoms with Crippen molar-refractivity contribution in [1.82, 2.24) is 9.38 Å². The number of halogens is 3. The Balaban J connectivity index is 1.49. The fourth-order valence-corrected chi connectivity index (χ4v) is 3.03. The molecular weight excluding hydrogens is 409 g/mol. The van der Waals surface area contributed by atoms with Gasteiger partial charge >= 0.3 is 0 Å². The lowest BCUT2D eigenvalue weighted by molar-refractivity contribution is 0.102. The molecule has 0 aliphatic carbocycles. The van der Waals surface area contributed by atoms with Crippen LogP contribution >= 0.6 is 0 Å².